The lowest BCUT2D eigenvalue weighted by atomic mass is 9.87. The Morgan fingerprint density at radius 3 is 2.23 bits per heavy atom. The van der Waals surface area contributed by atoms with Gasteiger partial charge < -0.3 is 9.47 Å². The molecule has 0 saturated heterocycles. The predicted octanol–water partition coefficient (Wildman–Crippen LogP) is 2.75. The van der Waals surface area contributed by atoms with Crippen molar-refractivity contribution in [3.63, 3.8) is 0 Å². The average molecular weight is 352 g/mol. The third kappa shape index (κ3) is 3.31. The number of para-hydroxylation sites is 1. The molecule has 2 aromatic carbocycles. The van der Waals surface area contributed by atoms with Crippen molar-refractivity contribution in [3.05, 3.63) is 66.2 Å². The van der Waals surface area contributed by atoms with E-state index in [4.69, 9.17) is 9.47 Å². The number of hydrogen-bond acceptors (Lipinski definition) is 6. The normalized spacial score (nSPS) is 19.0. The van der Waals surface area contributed by atoms with Crippen LogP contribution in [0.4, 0.5) is 5.69 Å². The van der Waals surface area contributed by atoms with Gasteiger partial charge in [-0.25, -0.2) is 14.6 Å². The average Bonchev–Trinajstić information content (AvgIpc) is 3.09. The summed E-state index contributed by atoms with van der Waals surface area (Å²) in [5.41, 5.74) is 1.69. The molecule has 0 aromatic heterocycles. The van der Waals surface area contributed by atoms with Gasteiger partial charge in [0.05, 0.1) is 25.3 Å². The number of carbonyl (C=O) groups is 2. The summed E-state index contributed by atoms with van der Waals surface area (Å²) in [5.74, 6) is -1.58. The van der Waals surface area contributed by atoms with E-state index in [0.717, 1.165) is 5.56 Å². The Bertz CT molecular complexity index is 805. The lowest BCUT2D eigenvalue weighted by molar-refractivity contribution is -0.142. The highest BCUT2D eigenvalue weighted by molar-refractivity contribution is 6.40. The predicted molar refractivity (Wildman–Crippen MR) is 98.0 cm³/mol. The number of benzene rings is 2. The number of hydrogen-bond donors (Lipinski definition) is 0. The second-order valence-electron chi connectivity index (χ2n) is 5.74. The molecule has 0 amide bonds. The van der Waals surface area contributed by atoms with Gasteiger partial charge in [-0.15, -0.1) is 0 Å². The fourth-order valence-corrected chi connectivity index (χ4v) is 3.06. The Morgan fingerprint density at radius 2 is 1.65 bits per heavy atom. The molecule has 0 saturated carbocycles. The van der Waals surface area contributed by atoms with Crippen molar-refractivity contribution in [2.75, 3.05) is 18.7 Å². The van der Waals surface area contributed by atoms with E-state index in [2.05, 4.69) is 5.10 Å². The maximum Gasteiger partial charge on any atom is 0.355 e. The van der Waals surface area contributed by atoms with Crippen LogP contribution in [0, 0.1) is 0 Å². The number of rotatable bonds is 5. The van der Waals surface area contributed by atoms with Crippen LogP contribution in [0.1, 0.15) is 18.4 Å². The van der Waals surface area contributed by atoms with Crippen molar-refractivity contribution in [1.82, 2.24) is 0 Å². The van der Waals surface area contributed by atoms with E-state index in [1.807, 2.05) is 60.7 Å². The molecule has 2 atom stereocenters. The Labute approximate surface area is 152 Å². The topological polar surface area (TPSA) is 68.2 Å². The molecule has 0 fully saturated rings. The summed E-state index contributed by atoms with van der Waals surface area (Å²) < 4.78 is 10.2. The number of carbonyl (C=O) groups excluding carboxylic acids is 2. The highest BCUT2D eigenvalue weighted by atomic mass is 16.5. The standard InChI is InChI=1S/C20H20N2O4/c1-3-26-19(23)17-16(14-10-6-4-7-11-14)18(20(24)25-2)22(21-17)15-12-8-5-9-13-15/h4-13,16,18H,3H2,1-2H3/t16-,18-/m0/s1. The van der Waals surface area contributed by atoms with Crippen LogP contribution >= 0.6 is 0 Å². The first-order valence-corrected chi connectivity index (χ1v) is 8.40. The highest BCUT2D eigenvalue weighted by Crippen LogP contribution is 2.36. The van der Waals surface area contributed by atoms with Gasteiger partial charge in [0.25, 0.3) is 0 Å². The van der Waals surface area contributed by atoms with E-state index in [9.17, 15) is 9.59 Å². The Morgan fingerprint density at radius 1 is 1.04 bits per heavy atom. The molecule has 1 aliphatic heterocycles. The first-order valence-electron chi connectivity index (χ1n) is 8.40. The molecule has 0 bridgehead atoms. The number of anilines is 1. The zero-order valence-corrected chi connectivity index (χ0v) is 14.7. The van der Waals surface area contributed by atoms with Crippen molar-refractivity contribution in [2.24, 2.45) is 5.10 Å². The van der Waals surface area contributed by atoms with Gasteiger partial charge in [0, 0.05) is 0 Å². The van der Waals surface area contributed by atoms with Crippen LogP contribution in [0.2, 0.25) is 0 Å². The van der Waals surface area contributed by atoms with Gasteiger partial charge in [-0.3, -0.25) is 0 Å². The highest BCUT2D eigenvalue weighted by Gasteiger charge is 2.47. The lowest BCUT2D eigenvalue weighted by Crippen LogP contribution is -2.41. The molecule has 0 radical (unpaired) electrons. The fourth-order valence-electron chi connectivity index (χ4n) is 3.06. The van der Waals surface area contributed by atoms with E-state index < -0.39 is 23.9 Å². The van der Waals surface area contributed by atoms with E-state index in [1.165, 1.54) is 12.1 Å². The van der Waals surface area contributed by atoms with Crippen LogP contribution in [-0.2, 0) is 19.1 Å². The fraction of sp³-hybridized carbons (Fsp3) is 0.250. The van der Waals surface area contributed by atoms with Crippen molar-refractivity contribution >= 4 is 23.3 Å². The molecule has 0 N–H and O–H groups in total. The SMILES string of the molecule is CCOC(=O)C1=NN(c2ccccc2)[C@H](C(=O)OC)[C@H]1c1ccccc1. The van der Waals surface area contributed by atoms with E-state index in [1.54, 1.807) is 6.92 Å². The summed E-state index contributed by atoms with van der Waals surface area (Å²) in [6, 6.07) is 17.8. The minimum absolute atomic E-state index is 0.192. The third-order valence-electron chi connectivity index (χ3n) is 4.20. The van der Waals surface area contributed by atoms with Crippen molar-refractivity contribution in [3.8, 4) is 0 Å². The number of methoxy groups -OCH3 is 1. The van der Waals surface area contributed by atoms with Gasteiger partial charge in [-0.05, 0) is 24.6 Å². The van der Waals surface area contributed by atoms with Crippen LogP contribution in [0.25, 0.3) is 0 Å². The van der Waals surface area contributed by atoms with E-state index in [-0.39, 0.29) is 12.3 Å². The van der Waals surface area contributed by atoms with Gasteiger partial charge in [0.1, 0.15) is 0 Å². The van der Waals surface area contributed by atoms with Crippen molar-refractivity contribution in [2.45, 2.75) is 18.9 Å². The number of hydrazone groups is 1. The summed E-state index contributed by atoms with van der Waals surface area (Å²) >= 11 is 0. The molecule has 134 valence electrons. The van der Waals surface area contributed by atoms with Crippen LogP contribution < -0.4 is 5.01 Å². The molecule has 2 aromatic rings. The Kier molecular flexibility index (Phi) is 5.31. The summed E-state index contributed by atoms with van der Waals surface area (Å²) in [4.78, 5) is 25.1. The van der Waals surface area contributed by atoms with Crippen LogP contribution in [0.5, 0.6) is 0 Å². The molecule has 1 heterocycles. The summed E-state index contributed by atoms with van der Waals surface area (Å²) in [7, 11) is 1.33. The monoisotopic (exact) mass is 352 g/mol. The lowest BCUT2D eigenvalue weighted by Gasteiger charge is -2.25. The smallest absolute Gasteiger partial charge is 0.355 e. The molecule has 0 spiro atoms. The van der Waals surface area contributed by atoms with Crippen molar-refractivity contribution in [1.29, 1.82) is 0 Å². The van der Waals surface area contributed by atoms with E-state index in [0.29, 0.717) is 5.69 Å². The molecule has 0 aliphatic carbocycles. The number of esters is 2. The second kappa shape index (κ2) is 7.82. The number of ether oxygens (including phenoxy) is 2. The molecule has 0 unspecified atom stereocenters. The van der Waals surface area contributed by atoms with Gasteiger partial charge in [-0.1, -0.05) is 48.5 Å². The summed E-state index contributed by atoms with van der Waals surface area (Å²) in [6.07, 6.45) is 0. The molecular formula is C20H20N2O4. The molecule has 26 heavy (non-hydrogen) atoms. The largest absolute Gasteiger partial charge is 0.467 e. The minimum Gasteiger partial charge on any atom is -0.467 e. The van der Waals surface area contributed by atoms with Crippen LogP contribution in [-0.4, -0.2) is 37.4 Å². The first kappa shape index (κ1) is 17.7. The zero-order valence-electron chi connectivity index (χ0n) is 14.7. The maximum atomic E-state index is 12.6. The summed E-state index contributed by atoms with van der Waals surface area (Å²) in [6.45, 7) is 1.96. The second-order valence-corrected chi connectivity index (χ2v) is 5.74. The maximum absolute atomic E-state index is 12.6. The van der Waals surface area contributed by atoms with Gasteiger partial charge in [-0.2, -0.15) is 5.10 Å². The molecule has 3 rings (SSSR count). The van der Waals surface area contributed by atoms with Gasteiger partial charge in [0.15, 0.2) is 11.8 Å². The van der Waals surface area contributed by atoms with Gasteiger partial charge in [0.2, 0.25) is 0 Å². The van der Waals surface area contributed by atoms with Gasteiger partial charge >= 0.3 is 11.9 Å². The molecular weight excluding hydrogens is 332 g/mol. The first-order chi connectivity index (χ1) is 12.7. The summed E-state index contributed by atoms with van der Waals surface area (Å²) in [5, 5.41) is 6.00. The Hall–Kier alpha value is -3.15. The third-order valence-corrected chi connectivity index (χ3v) is 4.20. The van der Waals surface area contributed by atoms with Crippen molar-refractivity contribution < 1.29 is 19.1 Å². The molecule has 6 nitrogen and oxygen atoms in total. The van der Waals surface area contributed by atoms with Crippen LogP contribution in [0.3, 0.4) is 0 Å². The molecule has 6 heteroatoms. The number of nitrogens with zero attached hydrogens (tertiary/aromatic N) is 2. The minimum atomic E-state index is -0.788. The zero-order chi connectivity index (χ0) is 18.5. The Balaban J connectivity index is 2.12. The molecule has 1 aliphatic rings. The van der Waals surface area contributed by atoms with Crippen LogP contribution in [0.15, 0.2) is 65.8 Å². The quantitative estimate of drug-likeness (QED) is 0.774. The van der Waals surface area contributed by atoms with E-state index >= 15 is 0 Å².